The highest BCUT2D eigenvalue weighted by atomic mass is 16.3. The van der Waals surface area contributed by atoms with Gasteiger partial charge in [-0.1, -0.05) is 0 Å². The van der Waals surface area contributed by atoms with Crippen LogP contribution in [0.3, 0.4) is 0 Å². The fraction of sp³-hybridized carbons (Fsp3) is 0.136. The van der Waals surface area contributed by atoms with Gasteiger partial charge in [-0.3, -0.25) is 14.4 Å². The number of furan rings is 1. The SMILES string of the molecule is CNC(=O)c1ccc(NC(=O)CNc2ccc(C(=O)NCc3ccco3)cc2)cc1. The number of amides is 3. The molecule has 0 saturated carbocycles. The smallest absolute Gasteiger partial charge is 0.251 e. The maximum absolute atomic E-state index is 12.1. The van der Waals surface area contributed by atoms with Crippen LogP contribution >= 0.6 is 0 Å². The van der Waals surface area contributed by atoms with Crippen molar-refractivity contribution < 1.29 is 18.8 Å². The molecule has 8 nitrogen and oxygen atoms in total. The number of anilines is 2. The minimum Gasteiger partial charge on any atom is -0.467 e. The lowest BCUT2D eigenvalue weighted by Gasteiger charge is -2.09. The van der Waals surface area contributed by atoms with Gasteiger partial charge in [0.15, 0.2) is 0 Å². The lowest BCUT2D eigenvalue weighted by atomic mass is 10.2. The van der Waals surface area contributed by atoms with E-state index in [1.807, 2.05) is 0 Å². The number of hydrogen-bond acceptors (Lipinski definition) is 5. The lowest BCUT2D eigenvalue weighted by molar-refractivity contribution is -0.114. The summed E-state index contributed by atoms with van der Waals surface area (Å²) in [6.07, 6.45) is 1.55. The minimum atomic E-state index is -0.233. The molecule has 30 heavy (non-hydrogen) atoms. The number of carbonyl (C=O) groups excluding carboxylic acids is 3. The quantitative estimate of drug-likeness (QED) is 0.459. The van der Waals surface area contributed by atoms with Crippen LogP contribution in [0.5, 0.6) is 0 Å². The molecule has 3 aromatic rings. The van der Waals surface area contributed by atoms with Crippen molar-refractivity contribution in [2.24, 2.45) is 0 Å². The molecule has 0 aliphatic rings. The fourth-order valence-corrected chi connectivity index (χ4v) is 2.66. The Kier molecular flexibility index (Phi) is 6.83. The summed E-state index contributed by atoms with van der Waals surface area (Å²) in [6.45, 7) is 0.372. The first kappa shape index (κ1) is 20.7. The van der Waals surface area contributed by atoms with Gasteiger partial charge >= 0.3 is 0 Å². The molecule has 3 rings (SSSR count). The van der Waals surface area contributed by atoms with Crippen molar-refractivity contribution in [2.75, 3.05) is 24.2 Å². The normalized spacial score (nSPS) is 10.2. The molecule has 0 bridgehead atoms. The number of hydrogen-bond donors (Lipinski definition) is 4. The monoisotopic (exact) mass is 406 g/mol. The second-order valence-corrected chi connectivity index (χ2v) is 6.40. The molecule has 1 heterocycles. The summed E-state index contributed by atoms with van der Waals surface area (Å²) >= 11 is 0. The van der Waals surface area contributed by atoms with Crippen LogP contribution in [0.15, 0.2) is 71.3 Å². The zero-order valence-corrected chi connectivity index (χ0v) is 16.4. The van der Waals surface area contributed by atoms with Gasteiger partial charge in [-0.05, 0) is 60.7 Å². The van der Waals surface area contributed by atoms with Crippen LogP contribution in [-0.2, 0) is 11.3 Å². The molecule has 0 fully saturated rings. The summed E-state index contributed by atoms with van der Waals surface area (Å²) in [4.78, 5) is 35.8. The molecule has 8 heteroatoms. The van der Waals surface area contributed by atoms with Gasteiger partial charge in [0.05, 0.1) is 19.4 Å². The van der Waals surface area contributed by atoms with Crippen LogP contribution < -0.4 is 21.3 Å². The first-order valence-electron chi connectivity index (χ1n) is 9.31. The van der Waals surface area contributed by atoms with Gasteiger partial charge in [-0.25, -0.2) is 0 Å². The molecular formula is C22H22N4O4. The van der Waals surface area contributed by atoms with E-state index in [4.69, 9.17) is 4.42 Å². The predicted octanol–water partition coefficient (Wildman–Crippen LogP) is 2.62. The van der Waals surface area contributed by atoms with Gasteiger partial charge in [0.2, 0.25) is 5.91 Å². The average Bonchev–Trinajstić information content (AvgIpc) is 3.30. The second-order valence-electron chi connectivity index (χ2n) is 6.40. The molecule has 0 aliphatic heterocycles. The van der Waals surface area contributed by atoms with Gasteiger partial charge in [0.1, 0.15) is 5.76 Å². The molecule has 0 spiro atoms. The van der Waals surface area contributed by atoms with Crippen LogP contribution in [-0.4, -0.2) is 31.3 Å². The van der Waals surface area contributed by atoms with Gasteiger partial charge < -0.3 is 25.7 Å². The molecule has 2 aromatic carbocycles. The maximum atomic E-state index is 12.1. The fourth-order valence-electron chi connectivity index (χ4n) is 2.66. The molecular weight excluding hydrogens is 384 g/mol. The Balaban J connectivity index is 1.45. The van der Waals surface area contributed by atoms with Gasteiger partial charge in [-0.2, -0.15) is 0 Å². The zero-order valence-electron chi connectivity index (χ0n) is 16.4. The molecule has 154 valence electrons. The molecule has 4 N–H and O–H groups in total. The summed E-state index contributed by atoms with van der Waals surface area (Å²) < 4.78 is 5.18. The van der Waals surface area contributed by atoms with Gasteiger partial charge in [0.25, 0.3) is 11.8 Å². The van der Waals surface area contributed by atoms with Crippen molar-refractivity contribution in [1.82, 2.24) is 10.6 Å². The number of rotatable bonds is 8. The van der Waals surface area contributed by atoms with Crippen molar-refractivity contribution in [1.29, 1.82) is 0 Å². The third-order valence-corrected chi connectivity index (χ3v) is 4.26. The topological polar surface area (TPSA) is 112 Å². The third-order valence-electron chi connectivity index (χ3n) is 4.26. The van der Waals surface area contributed by atoms with Gasteiger partial charge in [-0.15, -0.1) is 0 Å². The van der Waals surface area contributed by atoms with E-state index in [1.54, 1.807) is 74.0 Å². The third kappa shape index (κ3) is 5.71. The molecule has 3 amide bonds. The van der Waals surface area contributed by atoms with E-state index in [-0.39, 0.29) is 24.3 Å². The Hall–Kier alpha value is -4.07. The summed E-state index contributed by atoms with van der Waals surface area (Å²) in [5.74, 6) is 0.0439. The lowest BCUT2D eigenvalue weighted by Crippen LogP contribution is -2.23. The Bertz CT molecular complexity index is 997. The highest BCUT2D eigenvalue weighted by molar-refractivity contribution is 5.97. The van der Waals surface area contributed by atoms with Crippen LogP contribution in [0.1, 0.15) is 26.5 Å². The van der Waals surface area contributed by atoms with E-state index in [0.717, 1.165) is 0 Å². The standard InChI is InChI=1S/C22H22N4O4/c1-23-21(28)15-6-10-18(11-7-15)26-20(27)14-24-17-8-4-16(5-9-17)22(29)25-13-19-3-2-12-30-19/h2-12,24H,13-14H2,1H3,(H,23,28)(H,25,29)(H,26,27). The molecule has 0 aliphatic carbocycles. The first-order valence-corrected chi connectivity index (χ1v) is 9.31. The largest absolute Gasteiger partial charge is 0.467 e. The number of nitrogens with one attached hydrogen (secondary N) is 4. The summed E-state index contributed by atoms with van der Waals surface area (Å²) in [5, 5.41) is 11.1. The Morgan fingerprint density at radius 1 is 0.833 bits per heavy atom. The van der Waals surface area contributed by atoms with E-state index in [2.05, 4.69) is 21.3 Å². The number of benzene rings is 2. The summed E-state index contributed by atoms with van der Waals surface area (Å²) in [7, 11) is 1.56. The Labute approximate surface area is 173 Å². The van der Waals surface area contributed by atoms with E-state index >= 15 is 0 Å². The Morgan fingerprint density at radius 2 is 1.47 bits per heavy atom. The number of carbonyl (C=O) groups is 3. The van der Waals surface area contributed by atoms with E-state index < -0.39 is 0 Å². The molecule has 0 unspecified atom stereocenters. The molecule has 0 atom stereocenters. The minimum absolute atomic E-state index is 0.0568. The maximum Gasteiger partial charge on any atom is 0.251 e. The van der Waals surface area contributed by atoms with E-state index in [0.29, 0.717) is 34.8 Å². The van der Waals surface area contributed by atoms with Crippen molar-refractivity contribution in [3.05, 3.63) is 83.8 Å². The predicted molar refractivity (Wildman–Crippen MR) is 113 cm³/mol. The highest BCUT2D eigenvalue weighted by Crippen LogP contribution is 2.12. The van der Waals surface area contributed by atoms with Crippen molar-refractivity contribution in [2.45, 2.75) is 6.54 Å². The van der Waals surface area contributed by atoms with Crippen molar-refractivity contribution >= 4 is 29.1 Å². The molecule has 1 aromatic heterocycles. The highest BCUT2D eigenvalue weighted by Gasteiger charge is 2.08. The Morgan fingerprint density at radius 3 is 2.07 bits per heavy atom. The van der Waals surface area contributed by atoms with Crippen LogP contribution in [0, 0.1) is 0 Å². The van der Waals surface area contributed by atoms with Crippen LogP contribution in [0.2, 0.25) is 0 Å². The van der Waals surface area contributed by atoms with Crippen LogP contribution in [0.25, 0.3) is 0 Å². The van der Waals surface area contributed by atoms with Gasteiger partial charge in [0, 0.05) is 29.5 Å². The molecule has 0 saturated heterocycles. The molecule has 0 radical (unpaired) electrons. The van der Waals surface area contributed by atoms with E-state index in [1.165, 1.54) is 0 Å². The summed E-state index contributed by atoms with van der Waals surface area (Å²) in [5.41, 5.74) is 2.33. The van der Waals surface area contributed by atoms with Crippen LogP contribution in [0.4, 0.5) is 11.4 Å². The zero-order chi connectivity index (χ0) is 21.3. The van der Waals surface area contributed by atoms with Crippen molar-refractivity contribution in [3.63, 3.8) is 0 Å². The van der Waals surface area contributed by atoms with E-state index in [9.17, 15) is 14.4 Å². The first-order chi connectivity index (χ1) is 14.5. The van der Waals surface area contributed by atoms with Crippen molar-refractivity contribution in [3.8, 4) is 0 Å². The summed E-state index contributed by atoms with van der Waals surface area (Å²) in [6, 6.07) is 17.0. The second kappa shape index (κ2) is 9.92. The average molecular weight is 406 g/mol.